The number of carbonyl (C=O) groups is 1. The van der Waals surface area contributed by atoms with Crippen molar-refractivity contribution in [3.63, 3.8) is 0 Å². The Morgan fingerprint density at radius 2 is 1.84 bits per heavy atom. The van der Waals surface area contributed by atoms with E-state index in [9.17, 15) is 18.0 Å². The van der Waals surface area contributed by atoms with Crippen LogP contribution in [0.25, 0.3) is 0 Å². The maximum Gasteiger partial charge on any atom is 0.417 e. The molecule has 0 aliphatic carbocycles. The van der Waals surface area contributed by atoms with E-state index in [0.717, 1.165) is 38.2 Å². The number of carbonyl (C=O) groups excluding carboxylic acids is 1. The number of aromatic nitrogens is 1. The molecule has 0 bridgehead atoms. The minimum Gasteiger partial charge on any atom is -0.357 e. The highest BCUT2D eigenvalue weighted by Gasteiger charge is 2.31. The third-order valence-electron chi connectivity index (χ3n) is 4.53. The summed E-state index contributed by atoms with van der Waals surface area (Å²) in [5, 5.41) is 0. The van der Waals surface area contributed by atoms with Crippen molar-refractivity contribution < 1.29 is 18.0 Å². The quantitative estimate of drug-likeness (QED) is 0.825. The lowest BCUT2D eigenvalue weighted by Crippen LogP contribution is -2.42. The first kappa shape index (κ1) is 19.5. The Balaban J connectivity index is 1.88. The standard InChI is InChI=1S/C18H26F3N3O/c1-17(2,3)16(25)23(4)12-13-7-9-24(10-8-13)15-6-5-14(11-22-15)18(19,20)21/h5-6,11,13H,7-10,12H2,1-4H3. The summed E-state index contributed by atoms with van der Waals surface area (Å²) in [7, 11) is 1.83. The number of alkyl halides is 3. The molecular formula is C18H26F3N3O. The highest BCUT2D eigenvalue weighted by atomic mass is 19.4. The summed E-state index contributed by atoms with van der Waals surface area (Å²) in [6.07, 6.45) is -1.69. The van der Waals surface area contributed by atoms with Gasteiger partial charge in [0, 0.05) is 38.3 Å². The summed E-state index contributed by atoms with van der Waals surface area (Å²) in [6, 6.07) is 2.50. The Bertz CT molecular complexity index is 585. The van der Waals surface area contributed by atoms with Gasteiger partial charge in [0.1, 0.15) is 5.82 Å². The van der Waals surface area contributed by atoms with E-state index in [2.05, 4.69) is 4.98 Å². The molecule has 0 atom stereocenters. The minimum atomic E-state index is -4.36. The summed E-state index contributed by atoms with van der Waals surface area (Å²) < 4.78 is 37.8. The molecule has 1 amide bonds. The minimum absolute atomic E-state index is 0.124. The fraction of sp³-hybridized carbons (Fsp3) is 0.667. The van der Waals surface area contributed by atoms with E-state index in [4.69, 9.17) is 0 Å². The molecule has 0 unspecified atom stereocenters. The van der Waals surface area contributed by atoms with Crippen molar-refractivity contribution in [1.82, 2.24) is 9.88 Å². The van der Waals surface area contributed by atoms with Gasteiger partial charge in [0.15, 0.2) is 0 Å². The number of nitrogens with zero attached hydrogens (tertiary/aromatic N) is 3. The summed E-state index contributed by atoms with van der Waals surface area (Å²) in [6.45, 7) is 7.91. The lowest BCUT2D eigenvalue weighted by Gasteiger charge is -2.36. The van der Waals surface area contributed by atoms with E-state index >= 15 is 0 Å². The Hall–Kier alpha value is -1.79. The first-order chi connectivity index (χ1) is 11.5. The zero-order chi connectivity index (χ0) is 18.8. The molecular weight excluding hydrogens is 331 g/mol. The molecule has 7 heteroatoms. The van der Waals surface area contributed by atoms with Gasteiger partial charge in [-0.05, 0) is 30.9 Å². The first-order valence-electron chi connectivity index (χ1n) is 8.52. The fourth-order valence-electron chi connectivity index (χ4n) is 3.13. The largest absolute Gasteiger partial charge is 0.417 e. The van der Waals surface area contributed by atoms with Gasteiger partial charge in [-0.1, -0.05) is 20.8 Å². The number of pyridine rings is 1. The van der Waals surface area contributed by atoms with Crippen molar-refractivity contribution in [2.45, 2.75) is 39.8 Å². The first-order valence-corrected chi connectivity index (χ1v) is 8.52. The molecule has 1 aliphatic rings. The zero-order valence-electron chi connectivity index (χ0n) is 15.2. The third-order valence-corrected chi connectivity index (χ3v) is 4.53. The van der Waals surface area contributed by atoms with Crippen LogP contribution < -0.4 is 4.90 Å². The van der Waals surface area contributed by atoms with E-state index < -0.39 is 11.7 Å². The van der Waals surface area contributed by atoms with Crippen molar-refractivity contribution >= 4 is 11.7 Å². The predicted octanol–water partition coefficient (Wildman–Crippen LogP) is 3.82. The van der Waals surface area contributed by atoms with Crippen molar-refractivity contribution in [3.05, 3.63) is 23.9 Å². The maximum absolute atomic E-state index is 12.6. The lowest BCUT2D eigenvalue weighted by molar-refractivity contribution is -0.139. The lowest BCUT2D eigenvalue weighted by atomic mass is 9.92. The third kappa shape index (κ3) is 5.09. The summed E-state index contributed by atoms with van der Waals surface area (Å²) >= 11 is 0. The monoisotopic (exact) mass is 357 g/mol. The molecule has 1 aliphatic heterocycles. The highest BCUT2D eigenvalue weighted by molar-refractivity contribution is 5.81. The summed E-state index contributed by atoms with van der Waals surface area (Å²) in [5.41, 5.74) is -1.12. The highest BCUT2D eigenvalue weighted by Crippen LogP contribution is 2.30. The second kappa shape index (κ2) is 7.22. The topological polar surface area (TPSA) is 36.4 Å². The zero-order valence-corrected chi connectivity index (χ0v) is 15.2. The number of halogens is 3. The maximum atomic E-state index is 12.6. The van der Waals surface area contributed by atoms with Crippen molar-refractivity contribution in [1.29, 1.82) is 0 Å². The number of anilines is 1. The van der Waals surface area contributed by atoms with Crippen LogP contribution in [-0.4, -0.2) is 42.5 Å². The molecule has 2 rings (SSSR count). The second-order valence-corrected chi connectivity index (χ2v) is 7.77. The van der Waals surface area contributed by atoms with Crippen molar-refractivity contribution in [2.75, 3.05) is 31.6 Å². The van der Waals surface area contributed by atoms with Gasteiger partial charge in [-0.25, -0.2) is 4.98 Å². The average Bonchev–Trinajstić information content (AvgIpc) is 2.53. The van der Waals surface area contributed by atoms with Crippen molar-refractivity contribution in [3.8, 4) is 0 Å². The molecule has 0 saturated carbocycles. The van der Waals surface area contributed by atoms with Gasteiger partial charge < -0.3 is 9.80 Å². The van der Waals surface area contributed by atoms with Crippen LogP contribution in [0.15, 0.2) is 18.3 Å². The Morgan fingerprint density at radius 3 is 2.28 bits per heavy atom. The van der Waals surface area contributed by atoms with E-state index in [-0.39, 0.29) is 11.3 Å². The van der Waals surface area contributed by atoms with Crippen LogP contribution in [0.1, 0.15) is 39.2 Å². The molecule has 1 aromatic rings. The average molecular weight is 357 g/mol. The molecule has 2 heterocycles. The number of amides is 1. The van der Waals surface area contributed by atoms with E-state index in [1.807, 2.05) is 32.7 Å². The number of rotatable bonds is 3. The van der Waals surface area contributed by atoms with Crippen LogP contribution in [0.2, 0.25) is 0 Å². The van der Waals surface area contributed by atoms with E-state index in [1.54, 1.807) is 4.90 Å². The van der Waals surface area contributed by atoms with Crippen LogP contribution in [-0.2, 0) is 11.0 Å². The normalized spacial score (nSPS) is 16.8. The molecule has 1 aromatic heterocycles. The molecule has 4 nitrogen and oxygen atoms in total. The van der Waals surface area contributed by atoms with Gasteiger partial charge >= 0.3 is 6.18 Å². The molecule has 0 N–H and O–H groups in total. The smallest absolute Gasteiger partial charge is 0.357 e. The second-order valence-electron chi connectivity index (χ2n) is 7.77. The number of hydrogen-bond acceptors (Lipinski definition) is 3. The van der Waals surface area contributed by atoms with Crippen LogP contribution in [0.3, 0.4) is 0 Å². The predicted molar refractivity (Wildman–Crippen MR) is 91.3 cm³/mol. The Morgan fingerprint density at radius 1 is 1.24 bits per heavy atom. The molecule has 140 valence electrons. The fourth-order valence-corrected chi connectivity index (χ4v) is 3.13. The number of piperidine rings is 1. The van der Waals surface area contributed by atoms with Crippen LogP contribution in [0.4, 0.5) is 19.0 Å². The molecule has 0 spiro atoms. The van der Waals surface area contributed by atoms with Crippen LogP contribution in [0.5, 0.6) is 0 Å². The van der Waals surface area contributed by atoms with Gasteiger partial charge in [-0.15, -0.1) is 0 Å². The van der Waals surface area contributed by atoms with E-state index in [1.165, 1.54) is 6.07 Å². The van der Waals surface area contributed by atoms with Gasteiger partial charge in [-0.3, -0.25) is 4.79 Å². The molecule has 0 aromatic carbocycles. The van der Waals surface area contributed by atoms with Gasteiger partial charge in [0.05, 0.1) is 5.56 Å². The number of hydrogen-bond donors (Lipinski definition) is 0. The molecule has 25 heavy (non-hydrogen) atoms. The van der Waals surface area contributed by atoms with Crippen molar-refractivity contribution in [2.24, 2.45) is 11.3 Å². The molecule has 1 fully saturated rings. The molecule has 0 radical (unpaired) electrons. The van der Waals surface area contributed by atoms with E-state index in [0.29, 0.717) is 18.3 Å². The summed E-state index contributed by atoms with van der Waals surface area (Å²) in [5.74, 6) is 1.10. The SMILES string of the molecule is CN(CC1CCN(c2ccc(C(F)(F)F)cn2)CC1)C(=O)C(C)(C)C. The summed E-state index contributed by atoms with van der Waals surface area (Å²) in [4.78, 5) is 20.0. The molecule has 1 saturated heterocycles. The van der Waals surface area contributed by atoms with Gasteiger partial charge in [-0.2, -0.15) is 13.2 Å². The van der Waals surface area contributed by atoms with Gasteiger partial charge in [0.2, 0.25) is 5.91 Å². The Kier molecular flexibility index (Phi) is 5.64. The Labute approximate surface area is 147 Å². The van der Waals surface area contributed by atoms with Crippen LogP contribution in [0, 0.1) is 11.3 Å². The van der Waals surface area contributed by atoms with Gasteiger partial charge in [0.25, 0.3) is 0 Å². The van der Waals surface area contributed by atoms with Crippen LogP contribution >= 0.6 is 0 Å².